The molecule has 5 nitrogen and oxygen atoms in total. The second-order valence-corrected chi connectivity index (χ2v) is 4.68. The van der Waals surface area contributed by atoms with Crippen LogP contribution in [-0.4, -0.2) is 18.7 Å². The highest BCUT2D eigenvalue weighted by Gasteiger charge is 2.17. The van der Waals surface area contributed by atoms with E-state index in [4.69, 9.17) is 10.5 Å². The van der Waals surface area contributed by atoms with E-state index in [0.29, 0.717) is 11.4 Å². The lowest BCUT2D eigenvalue weighted by molar-refractivity contribution is 0.0636. The SMILES string of the molecule is CNc1ccc(N)cc1NC(=O)OC(C)(C)C. The van der Waals surface area contributed by atoms with E-state index in [1.165, 1.54) is 0 Å². The molecule has 0 aliphatic rings. The molecule has 1 aromatic carbocycles. The molecule has 0 radical (unpaired) electrons. The summed E-state index contributed by atoms with van der Waals surface area (Å²) in [7, 11) is 1.77. The van der Waals surface area contributed by atoms with Crippen molar-refractivity contribution in [2.24, 2.45) is 0 Å². The summed E-state index contributed by atoms with van der Waals surface area (Å²) in [4.78, 5) is 11.6. The van der Waals surface area contributed by atoms with Crippen molar-refractivity contribution in [3.05, 3.63) is 18.2 Å². The number of carbonyl (C=O) groups excluding carboxylic acids is 1. The van der Waals surface area contributed by atoms with Crippen molar-refractivity contribution >= 4 is 23.2 Å². The van der Waals surface area contributed by atoms with E-state index in [9.17, 15) is 4.79 Å². The fraction of sp³-hybridized carbons (Fsp3) is 0.417. The summed E-state index contributed by atoms with van der Waals surface area (Å²) < 4.78 is 5.16. The van der Waals surface area contributed by atoms with E-state index in [-0.39, 0.29) is 0 Å². The van der Waals surface area contributed by atoms with Gasteiger partial charge in [0.15, 0.2) is 0 Å². The summed E-state index contributed by atoms with van der Waals surface area (Å²) >= 11 is 0. The van der Waals surface area contributed by atoms with E-state index in [0.717, 1.165) is 5.69 Å². The van der Waals surface area contributed by atoms with Crippen LogP contribution in [0, 0.1) is 0 Å². The number of hydrogen-bond donors (Lipinski definition) is 3. The van der Waals surface area contributed by atoms with Crippen LogP contribution in [0.1, 0.15) is 20.8 Å². The summed E-state index contributed by atoms with van der Waals surface area (Å²) in [5, 5.41) is 5.62. The van der Waals surface area contributed by atoms with Crippen molar-refractivity contribution in [2.45, 2.75) is 26.4 Å². The first-order valence-electron chi connectivity index (χ1n) is 5.39. The summed E-state index contributed by atoms with van der Waals surface area (Å²) in [6.45, 7) is 5.43. The third kappa shape index (κ3) is 4.22. The molecule has 0 bridgehead atoms. The van der Waals surface area contributed by atoms with Gasteiger partial charge in [0.2, 0.25) is 0 Å². The minimum absolute atomic E-state index is 0.500. The smallest absolute Gasteiger partial charge is 0.412 e. The predicted octanol–water partition coefficient (Wildman–Crippen LogP) is 2.66. The monoisotopic (exact) mass is 237 g/mol. The Morgan fingerprint density at radius 1 is 1.29 bits per heavy atom. The topological polar surface area (TPSA) is 76.4 Å². The maximum Gasteiger partial charge on any atom is 0.412 e. The first-order chi connectivity index (χ1) is 7.81. The molecule has 0 unspecified atom stereocenters. The van der Waals surface area contributed by atoms with E-state index >= 15 is 0 Å². The lowest BCUT2D eigenvalue weighted by Gasteiger charge is -2.20. The first-order valence-corrected chi connectivity index (χ1v) is 5.39. The zero-order valence-corrected chi connectivity index (χ0v) is 10.6. The second-order valence-electron chi connectivity index (χ2n) is 4.68. The van der Waals surface area contributed by atoms with Crippen molar-refractivity contribution in [3.8, 4) is 0 Å². The summed E-state index contributed by atoms with van der Waals surface area (Å²) in [5.74, 6) is 0. The van der Waals surface area contributed by atoms with Gasteiger partial charge >= 0.3 is 6.09 Å². The molecule has 0 saturated carbocycles. The van der Waals surface area contributed by atoms with Crippen LogP contribution < -0.4 is 16.4 Å². The second kappa shape index (κ2) is 4.95. The Morgan fingerprint density at radius 2 is 1.94 bits per heavy atom. The molecule has 0 aromatic heterocycles. The molecule has 94 valence electrons. The van der Waals surface area contributed by atoms with Crippen molar-refractivity contribution in [1.82, 2.24) is 0 Å². The first kappa shape index (κ1) is 13.2. The van der Waals surface area contributed by atoms with Crippen LogP contribution in [0.25, 0.3) is 0 Å². The maximum atomic E-state index is 11.6. The number of nitrogens with two attached hydrogens (primary N) is 1. The van der Waals surface area contributed by atoms with Gasteiger partial charge in [-0.1, -0.05) is 0 Å². The molecule has 0 heterocycles. The van der Waals surface area contributed by atoms with Crippen molar-refractivity contribution in [2.75, 3.05) is 23.4 Å². The highest BCUT2D eigenvalue weighted by atomic mass is 16.6. The molecule has 0 fully saturated rings. The van der Waals surface area contributed by atoms with Gasteiger partial charge in [-0.2, -0.15) is 0 Å². The Bertz CT molecular complexity index is 411. The Hall–Kier alpha value is -1.91. The normalized spacial score (nSPS) is 10.8. The molecular weight excluding hydrogens is 218 g/mol. The van der Waals surface area contributed by atoms with Crippen molar-refractivity contribution in [3.63, 3.8) is 0 Å². The van der Waals surface area contributed by atoms with Gasteiger partial charge in [-0.15, -0.1) is 0 Å². The van der Waals surface area contributed by atoms with Crippen LogP contribution in [0.5, 0.6) is 0 Å². The average Bonchev–Trinajstić information content (AvgIpc) is 2.14. The molecule has 5 heteroatoms. The molecule has 0 atom stereocenters. The fourth-order valence-corrected chi connectivity index (χ4v) is 1.30. The number of hydrogen-bond acceptors (Lipinski definition) is 4. The third-order valence-corrected chi connectivity index (χ3v) is 1.95. The molecule has 1 aromatic rings. The van der Waals surface area contributed by atoms with E-state index in [1.807, 2.05) is 20.8 Å². The standard InChI is InChI=1S/C12H19N3O2/c1-12(2,3)17-11(16)15-10-7-8(13)5-6-9(10)14-4/h5-7,14H,13H2,1-4H3,(H,15,16). The van der Waals surface area contributed by atoms with E-state index in [2.05, 4.69) is 10.6 Å². The molecule has 0 aliphatic carbocycles. The molecule has 0 saturated heterocycles. The van der Waals surface area contributed by atoms with Crippen LogP contribution in [0.2, 0.25) is 0 Å². The zero-order chi connectivity index (χ0) is 13.1. The zero-order valence-electron chi connectivity index (χ0n) is 10.6. The number of benzene rings is 1. The highest BCUT2D eigenvalue weighted by molar-refractivity contribution is 5.90. The molecule has 0 aliphatic heterocycles. The largest absolute Gasteiger partial charge is 0.444 e. The van der Waals surface area contributed by atoms with Gasteiger partial charge in [-0.05, 0) is 39.0 Å². The van der Waals surface area contributed by atoms with Gasteiger partial charge in [0.25, 0.3) is 0 Å². The average molecular weight is 237 g/mol. The number of carbonyl (C=O) groups is 1. The Balaban J connectivity index is 2.80. The van der Waals surface area contributed by atoms with Gasteiger partial charge in [0, 0.05) is 12.7 Å². The fourth-order valence-electron chi connectivity index (χ4n) is 1.30. The third-order valence-electron chi connectivity index (χ3n) is 1.95. The molecule has 4 N–H and O–H groups in total. The lowest BCUT2D eigenvalue weighted by Crippen LogP contribution is -2.27. The van der Waals surface area contributed by atoms with Gasteiger partial charge in [0.05, 0.1) is 11.4 Å². The molecular formula is C12H19N3O2. The number of amides is 1. The number of rotatable bonds is 2. The van der Waals surface area contributed by atoms with Crippen LogP contribution in [-0.2, 0) is 4.74 Å². The van der Waals surface area contributed by atoms with Crippen LogP contribution >= 0.6 is 0 Å². The maximum absolute atomic E-state index is 11.6. The van der Waals surface area contributed by atoms with Crippen molar-refractivity contribution in [1.29, 1.82) is 0 Å². The summed E-state index contributed by atoms with van der Waals surface area (Å²) in [6, 6.07) is 5.23. The van der Waals surface area contributed by atoms with Gasteiger partial charge < -0.3 is 15.8 Å². The molecule has 1 rings (SSSR count). The van der Waals surface area contributed by atoms with Crippen molar-refractivity contribution < 1.29 is 9.53 Å². The number of nitrogen functional groups attached to an aromatic ring is 1. The number of nitrogens with one attached hydrogen (secondary N) is 2. The van der Waals surface area contributed by atoms with E-state index in [1.54, 1.807) is 25.2 Å². The van der Waals surface area contributed by atoms with Gasteiger partial charge in [0.1, 0.15) is 5.60 Å². The molecule has 1 amide bonds. The lowest BCUT2D eigenvalue weighted by atomic mass is 10.2. The molecule has 17 heavy (non-hydrogen) atoms. The number of ether oxygens (including phenoxy) is 1. The predicted molar refractivity (Wildman–Crippen MR) is 70.3 cm³/mol. The minimum Gasteiger partial charge on any atom is -0.444 e. The van der Waals surface area contributed by atoms with Gasteiger partial charge in [-0.3, -0.25) is 5.32 Å². The minimum atomic E-state index is -0.524. The van der Waals surface area contributed by atoms with Crippen LogP contribution in [0.15, 0.2) is 18.2 Å². The Morgan fingerprint density at radius 3 is 2.47 bits per heavy atom. The Labute approximate surface area is 101 Å². The number of anilines is 3. The van der Waals surface area contributed by atoms with Gasteiger partial charge in [-0.25, -0.2) is 4.79 Å². The van der Waals surface area contributed by atoms with E-state index < -0.39 is 11.7 Å². The Kier molecular flexibility index (Phi) is 3.83. The summed E-state index contributed by atoms with van der Waals surface area (Å²) in [6.07, 6.45) is -0.500. The molecule has 0 spiro atoms. The van der Waals surface area contributed by atoms with Crippen LogP contribution in [0.3, 0.4) is 0 Å². The summed E-state index contributed by atoms with van der Waals surface area (Å²) in [5.41, 5.74) is 7.10. The van der Waals surface area contributed by atoms with Crippen LogP contribution in [0.4, 0.5) is 21.9 Å². The quantitative estimate of drug-likeness (QED) is 0.691. The highest BCUT2D eigenvalue weighted by Crippen LogP contribution is 2.24.